The van der Waals surface area contributed by atoms with Crippen LogP contribution in [0.5, 0.6) is 0 Å². The number of hydrogen-bond donors (Lipinski definition) is 1. The van der Waals surface area contributed by atoms with Gasteiger partial charge in [0, 0.05) is 28.3 Å². The maximum atomic E-state index is 13.7. The molecule has 0 radical (unpaired) electrons. The van der Waals surface area contributed by atoms with Crippen LogP contribution in [0.4, 0.5) is 0 Å². The van der Waals surface area contributed by atoms with E-state index in [1.165, 1.54) is 46.5 Å². The third kappa shape index (κ3) is 10.5. The van der Waals surface area contributed by atoms with Crippen LogP contribution in [0, 0.1) is 6.92 Å². The molecule has 15 heteroatoms. The van der Waals surface area contributed by atoms with Crippen molar-refractivity contribution >= 4 is 16.1 Å². The van der Waals surface area contributed by atoms with Crippen LogP contribution in [-0.2, 0) is 81.5 Å². The molecule has 6 rings (SSSR count). The number of aryl methyl sites for hydroxylation is 1. The van der Waals surface area contributed by atoms with Crippen molar-refractivity contribution in [2.45, 2.75) is 98.8 Å². The monoisotopic (exact) mass is 876 g/mol. The minimum Gasteiger partial charge on any atom is -0.457 e. The number of ether oxygens (including phenoxy) is 9. The summed E-state index contributed by atoms with van der Waals surface area (Å²) < 4.78 is 91.5. The van der Waals surface area contributed by atoms with Gasteiger partial charge in [-0.1, -0.05) is 115 Å². The molecule has 2 aliphatic heterocycles. The summed E-state index contributed by atoms with van der Waals surface area (Å²) in [7, 11) is -0.209. The number of aliphatic hydroxyl groups excluding tert-OH is 1. The average molecular weight is 877 g/mol. The fourth-order valence-electron chi connectivity index (χ4n) is 8.00. The standard InChI is InChI=1S/C47H56O14S/c1-7-46(31-58-62(50,51)37-25-23-32(2)24-26-37)42(49)39(52-4)40(59-33(3)48)44(61-46)47(54-6)38(30-55-27-34-17-11-8-12-18-34)60-45(53-5)41(56-28-35-19-13-9-14-20-35)43(47)57-29-36-21-15-10-16-22-36/h7-26,38-45,49H,1,27-31H2,2-6H3/t38-,39-,40+,41-,42+,43-,44-,45+,46-,47-/m1/s1. The molecule has 0 aromatic heterocycles. The highest BCUT2D eigenvalue weighted by atomic mass is 32.2. The summed E-state index contributed by atoms with van der Waals surface area (Å²) in [5.41, 5.74) is -0.591. The summed E-state index contributed by atoms with van der Waals surface area (Å²) in [6, 6.07) is 34.5. The Kier molecular flexibility index (Phi) is 16.2. The molecule has 2 saturated heterocycles. The molecule has 0 saturated carbocycles. The minimum atomic E-state index is -4.42. The van der Waals surface area contributed by atoms with Crippen LogP contribution in [0.15, 0.2) is 133 Å². The highest BCUT2D eigenvalue weighted by molar-refractivity contribution is 7.86. The van der Waals surface area contributed by atoms with Crippen molar-refractivity contribution < 1.29 is 65.1 Å². The molecular weight excluding hydrogens is 821 g/mol. The predicted octanol–water partition coefficient (Wildman–Crippen LogP) is 5.48. The second-order valence-corrected chi connectivity index (χ2v) is 16.8. The number of carbonyl (C=O) groups excluding carboxylic acids is 1. The lowest BCUT2D eigenvalue weighted by molar-refractivity contribution is -0.393. The molecule has 334 valence electrons. The lowest BCUT2D eigenvalue weighted by Crippen LogP contribution is -2.80. The number of esters is 1. The molecule has 2 fully saturated rings. The Labute approximate surface area is 363 Å². The number of hydrogen-bond acceptors (Lipinski definition) is 14. The van der Waals surface area contributed by atoms with Crippen molar-refractivity contribution in [2.75, 3.05) is 34.5 Å². The zero-order valence-corrected chi connectivity index (χ0v) is 36.4. The van der Waals surface area contributed by atoms with Crippen LogP contribution in [0.25, 0.3) is 0 Å². The van der Waals surface area contributed by atoms with Crippen LogP contribution in [-0.4, -0.2) is 114 Å². The molecule has 1 N–H and O–H groups in total. The van der Waals surface area contributed by atoms with Gasteiger partial charge in [0.15, 0.2) is 18.0 Å². The summed E-state index contributed by atoms with van der Waals surface area (Å²) in [5, 5.41) is 12.2. The van der Waals surface area contributed by atoms with Crippen LogP contribution in [0.3, 0.4) is 0 Å². The third-order valence-electron chi connectivity index (χ3n) is 11.2. The Hall–Kier alpha value is -4.36. The molecule has 62 heavy (non-hydrogen) atoms. The fourth-order valence-corrected chi connectivity index (χ4v) is 8.94. The summed E-state index contributed by atoms with van der Waals surface area (Å²) in [5.74, 6) is -0.740. The van der Waals surface area contributed by atoms with E-state index in [9.17, 15) is 18.3 Å². The first-order valence-electron chi connectivity index (χ1n) is 20.2. The molecule has 4 aromatic carbocycles. The van der Waals surface area contributed by atoms with Gasteiger partial charge in [-0.3, -0.25) is 8.98 Å². The summed E-state index contributed by atoms with van der Waals surface area (Å²) in [6.45, 7) is 6.35. The molecule has 2 aliphatic rings. The van der Waals surface area contributed by atoms with Gasteiger partial charge in [0.2, 0.25) is 0 Å². The van der Waals surface area contributed by atoms with Gasteiger partial charge in [-0.15, -0.1) is 6.58 Å². The van der Waals surface area contributed by atoms with E-state index in [-0.39, 0.29) is 31.3 Å². The van der Waals surface area contributed by atoms with E-state index in [0.29, 0.717) is 0 Å². The molecule has 0 amide bonds. The molecule has 0 bridgehead atoms. The van der Waals surface area contributed by atoms with Crippen LogP contribution >= 0.6 is 0 Å². The van der Waals surface area contributed by atoms with E-state index in [1.54, 1.807) is 12.1 Å². The van der Waals surface area contributed by atoms with Crippen molar-refractivity contribution in [3.05, 3.63) is 150 Å². The largest absolute Gasteiger partial charge is 0.457 e. The molecule has 10 atom stereocenters. The van der Waals surface area contributed by atoms with Gasteiger partial charge in [-0.2, -0.15) is 8.42 Å². The van der Waals surface area contributed by atoms with Crippen molar-refractivity contribution in [3.63, 3.8) is 0 Å². The molecule has 14 nitrogen and oxygen atoms in total. The summed E-state index contributed by atoms with van der Waals surface area (Å²) in [4.78, 5) is 13.0. The van der Waals surface area contributed by atoms with Gasteiger partial charge in [0.05, 0.1) is 31.3 Å². The molecule has 0 aliphatic carbocycles. The second-order valence-electron chi connectivity index (χ2n) is 15.2. The normalized spacial score (nSPS) is 28.9. The molecule has 2 heterocycles. The van der Waals surface area contributed by atoms with E-state index < -0.39 is 82.9 Å². The zero-order chi connectivity index (χ0) is 44.3. The lowest BCUT2D eigenvalue weighted by atomic mass is 9.72. The smallest absolute Gasteiger partial charge is 0.303 e. The SMILES string of the molecule is C=C[C@]1(COS(=O)(=O)c2ccc(C)cc2)O[C@@H]([C@]2(OC)[C@H](OCc3ccccc3)[C@@H](OCc3ccccc3)[C@@H](OC)O[C@@H]2COCc2ccccc2)[C@@H](OC(C)=O)[C@@H](OC)[C@@H]1O. The topological polar surface area (TPSA) is 164 Å². The van der Waals surface area contributed by atoms with Gasteiger partial charge in [-0.05, 0) is 35.7 Å². The molecule has 0 unspecified atom stereocenters. The lowest BCUT2D eigenvalue weighted by Gasteiger charge is -2.60. The number of aliphatic hydroxyl groups is 1. The minimum absolute atomic E-state index is 0.0294. The van der Waals surface area contributed by atoms with Crippen molar-refractivity contribution in [1.82, 2.24) is 0 Å². The van der Waals surface area contributed by atoms with Crippen LogP contribution in [0.1, 0.15) is 29.2 Å². The second kappa shape index (κ2) is 21.3. The Bertz CT molecular complexity index is 2120. The molecular formula is C47H56O14S. The quantitative estimate of drug-likeness (QED) is 0.0675. The van der Waals surface area contributed by atoms with E-state index >= 15 is 0 Å². The fraction of sp³-hybridized carbons (Fsp3) is 0.426. The third-order valence-corrected chi connectivity index (χ3v) is 12.5. The van der Waals surface area contributed by atoms with E-state index in [4.69, 9.17) is 46.8 Å². The number of methoxy groups -OCH3 is 3. The van der Waals surface area contributed by atoms with Crippen molar-refractivity contribution in [2.24, 2.45) is 0 Å². The van der Waals surface area contributed by atoms with Gasteiger partial charge in [-0.25, -0.2) is 0 Å². The maximum Gasteiger partial charge on any atom is 0.303 e. The number of rotatable bonds is 20. The zero-order valence-electron chi connectivity index (χ0n) is 35.6. The molecule has 4 aromatic rings. The summed E-state index contributed by atoms with van der Waals surface area (Å²) >= 11 is 0. The van der Waals surface area contributed by atoms with Crippen LogP contribution in [0.2, 0.25) is 0 Å². The van der Waals surface area contributed by atoms with Gasteiger partial charge >= 0.3 is 5.97 Å². The Morgan fingerprint density at radius 3 is 1.85 bits per heavy atom. The van der Waals surface area contributed by atoms with E-state index in [1.807, 2.05) is 97.9 Å². The van der Waals surface area contributed by atoms with Crippen molar-refractivity contribution in [1.29, 1.82) is 0 Å². The number of carbonyl (C=O) groups is 1. The summed E-state index contributed by atoms with van der Waals surface area (Å²) in [6.07, 6.45) is -9.35. The first-order chi connectivity index (χ1) is 29.9. The maximum absolute atomic E-state index is 13.7. The van der Waals surface area contributed by atoms with Crippen LogP contribution < -0.4 is 0 Å². The van der Waals surface area contributed by atoms with Gasteiger partial charge in [0.25, 0.3) is 10.1 Å². The Morgan fingerprint density at radius 1 is 0.774 bits per heavy atom. The highest BCUT2D eigenvalue weighted by Crippen LogP contribution is 2.48. The number of benzene rings is 4. The van der Waals surface area contributed by atoms with E-state index in [0.717, 1.165) is 22.3 Å². The van der Waals surface area contributed by atoms with Gasteiger partial charge in [0.1, 0.15) is 48.8 Å². The Balaban J connectivity index is 1.51. The first kappa shape index (κ1) is 47.1. The molecule has 0 spiro atoms. The predicted molar refractivity (Wildman–Crippen MR) is 226 cm³/mol. The first-order valence-corrected chi connectivity index (χ1v) is 21.6. The van der Waals surface area contributed by atoms with E-state index in [2.05, 4.69) is 6.58 Å². The van der Waals surface area contributed by atoms with Crippen molar-refractivity contribution in [3.8, 4) is 0 Å². The Morgan fingerprint density at radius 2 is 1.34 bits per heavy atom. The average Bonchev–Trinajstić information content (AvgIpc) is 3.28. The van der Waals surface area contributed by atoms with Gasteiger partial charge < -0.3 is 47.7 Å². The highest BCUT2D eigenvalue weighted by Gasteiger charge is 2.70.